The van der Waals surface area contributed by atoms with Gasteiger partial charge in [0.15, 0.2) is 0 Å². The molecule has 4 nitrogen and oxygen atoms in total. The van der Waals surface area contributed by atoms with Crippen molar-refractivity contribution in [2.75, 3.05) is 6.54 Å². The van der Waals surface area contributed by atoms with E-state index in [9.17, 15) is 18.0 Å². The molecule has 0 bridgehead atoms. The highest BCUT2D eigenvalue weighted by atomic mass is 19.4. The lowest BCUT2D eigenvalue weighted by atomic mass is 10.0. The van der Waals surface area contributed by atoms with Gasteiger partial charge in [-0.25, -0.2) is 4.98 Å². The van der Waals surface area contributed by atoms with E-state index in [1.807, 2.05) is 24.3 Å². The monoisotopic (exact) mass is 373 g/mol. The van der Waals surface area contributed by atoms with Gasteiger partial charge in [0.05, 0.1) is 16.6 Å². The summed E-state index contributed by atoms with van der Waals surface area (Å²) in [4.78, 5) is 19.9. The minimum Gasteiger partial charge on any atom is -0.355 e. The highest BCUT2D eigenvalue weighted by Gasteiger charge is 2.47. The Morgan fingerprint density at radius 2 is 1.89 bits per heavy atom. The van der Waals surface area contributed by atoms with E-state index in [2.05, 4.69) is 15.3 Å². The molecule has 1 aliphatic carbocycles. The molecule has 2 atom stereocenters. The van der Waals surface area contributed by atoms with Crippen molar-refractivity contribution < 1.29 is 18.0 Å². The van der Waals surface area contributed by atoms with Gasteiger partial charge in [-0.15, -0.1) is 0 Å². The SMILES string of the molecule is O=C(NCCc1nc2ccccc2[nH]1)C1CC1c1ccccc1C(F)(F)F. The predicted octanol–water partition coefficient (Wildman–Crippen LogP) is 4.04. The maximum atomic E-state index is 13.1. The topological polar surface area (TPSA) is 57.8 Å². The lowest BCUT2D eigenvalue weighted by Crippen LogP contribution is -2.28. The van der Waals surface area contributed by atoms with Gasteiger partial charge in [0.2, 0.25) is 5.91 Å². The molecule has 1 aromatic heterocycles. The Kier molecular flexibility index (Phi) is 4.37. The summed E-state index contributed by atoms with van der Waals surface area (Å²) >= 11 is 0. The van der Waals surface area contributed by atoms with Crippen molar-refractivity contribution in [2.24, 2.45) is 5.92 Å². The van der Waals surface area contributed by atoms with Crippen LogP contribution in [0.1, 0.15) is 29.3 Å². The standard InChI is InChI=1S/C20H18F3N3O/c21-20(22,23)15-6-2-1-5-12(15)13-11-14(13)19(27)24-10-9-18-25-16-7-3-4-8-17(16)26-18/h1-8,13-14H,9-11H2,(H,24,27)(H,25,26). The van der Waals surface area contributed by atoms with E-state index in [1.54, 1.807) is 6.07 Å². The molecule has 1 amide bonds. The molecule has 0 aliphatic heterocycles. The fraction of sp³-hybridized carbons (Fsp3) is 0.300. The van der Waals surface area contributed by atoms with Crippen LogP contribution in [0.25, 0.3) is 11.0 Å². The molecular formula is C20H18F3N3O. The van der Waals surface area contributed by atoms with Crippen molar-refractivity contribution in [2.45, 2.75) is 24.9 Å². The number of amides is 1. The molecule has 0 radical (unpaired) electrons. The zero-order valence-electron chi connectivity index (χ0n) is 14.4. The van der Waals surface area contributed by atoms with Crippen LogP contribution in [0.15, 0.2) is 48.5 Å². The Labute approximate surface area is 153 Å². The van der Waals surface area contributed by atoms with Crippen LogP contribution < -0.4 is 5.32 Å². The van der Waals surface area contributed by atoms with Gasteiger partial charge in [-0.3, -0.25) is 4.79 Å². The van der Waals surface area contributed by atoms with Gasteiger partial charge in [-0.05, 0) is 36.1 Å². The number of hydrogen-bond donors (Lipinski definition) is 2. The number of nitrogens with one attached hydrogen (secondary N) is 2. The Morgan fingerprint density at radius 3 is 2.67 bits per heavy atom. The number of alkyl halides is 3. The van der Waals surface area contributed by atoms with E-state index >= 15 is 0 Å². The number of rotatable bonds is 5. The summed E-state index contributed by atoms with van der Waals surface area (Å²) in [7, 11) is 0. The summed E-state index contributed by atoms with van der Waals surface area (Å²) in [6.45, 7) is 0.392. The number of carbonyl (C=O) groups is 1. The molecule has 7 heteroatoms. The number of nitrogens with zero attached hydrogens (tertiary/aromatic N) is 1. The third-order valence-electron chi connectivity index (χ3n) is 4.89. The molecule has 2 unspecified atom stereocenters. The normalized spacial score (nSPS) is 19.2. The predicted molar refractivity (Wildman–Crippen MR) is 95.1 cm³/mol. The number of carbonyl (C=O) groups excluding carboxylic acids is 1. The molecule has 1 saturated carbocycles. The summed E-state index contributed by atoms with van der Waals surface area (Å²) in [6, 6.07) is 13.1. The molecule has 1 fully saturated rings. The molecule has 3 aromatic rings. The first-order chi connectivity index (χ1) is 12.9. The second kappa shape index (κ2) is 6.72. The summed E-state index contributed by atoms with van der Waals surface area (Å²) in [5.41, 5.74) is 1.37. The van der Waals surface area contributed by atoms with Crippen LogP contribution in [-0.2, 0) is 17.4 Å². The zero-order chi connectivity index (χ0) is 19.0. The highest BCUT2D eigenvalue weighted by Crippen LogP contribution is 2.50. The van der Waals surface area contributed by atoms with Gasteiger partial charge in [0.25, 0.3) is 0 Å². The molecule has 0 saturated heterocycles. The number of hydrogen-bond acceptors (Lipinski definition) is 2. The number of halogens is 3. The van der Waals surface area contributed by atoms with E-state index in [0.29, 0.717) is 19.4 Å². The molecule has 4 rings (SSSR count). The van der Waals surface area contributed by atoms with Crippen molar-refractivity contribution in [3.63, 3.8) is 0 Å². The number of imidazole rings is 1. The average molecular weight is 373 g/mol. The molecule has 2 N–H and O–H groups in total. The lowest BCUT2D eigenvalue weighted by Gasteiger charge is -2.12. The van der Waals surface area contributed by atoms with Crippen molar-refractivity contribution in [1.82, 2.24) is 15.3 Å². The van der Waals surface area contributed by atoms with Crippen molar-refractivity contribution in [3.8, 4) is 0 Å². The zero-order valence-corrected chi connectivity index (χ0v) is 14.4. The van der Waals surface area contributed by atoms with Crippen LogP contribution in [0.3, 0.4) is 0 Å². The fourth-order valence-corrected chi connectivity index (χ4v) is 3.47. The Bertz CT molecular complexity index is 947. The fourth-order valence-electron chi connectivity index (χ4n) is 3.47. The third kappa shape index (κ3) is 3.67. The van der Waals surface area contributed by atoms with E-state index < -0.39 is 17.7 Å². The van der Waals surface area contributed by atoms with Gasteiger partial charge in [-0.2, -0.15) is 13.2 Å². The molecule has 140 valence electrons. The number of benzene rings is 2. The minimum absolute atomic E-state index is 0.201. The van der Waals surface area contributed by atoms with Crippen LogP contribution in [0, 0.1) is 5.92 Å². The van der Waals surface area contributed by atoms with Crippen LogP contribution >= 0.6 is 0 Å². The number of aromatic nitrogens is 2. The molecule has 27 heavy (non-hydrogen) atoms. The summed E-state index contributed by atoms with van der Waals surface area (Å²) < 4.78 is 39.4. The second-order valence-corrected chi connectivity index (χ2v) is 6.78. The Hall–Kier alpha value is -2.83. The number of para-hydroxylation sites is 2. The average Bonchev–Trinajstić information content (AvgIpc) is 3.33. The Morgan fingerprint density at radius 1 is 1.15 bits per heavy atom. The summed E-state index contributed by atoms with van der Waals surface area (Å²) in [6.07, 6.45) is -3.41. The first-order valence-corrected chi connectivity index (χ1v) is 8.81. The van der Waals surface area contributed by atoms with E-state index in [0.717, 1.165) is 22.9 Å². The maximum Gasteiger partial charge on any atom is 0.416 e. The highest BCUT2D eigenvalue weighted by molar-refractivity contribution is 5.83. The summed E-state index contributed by atoms with van der Waals surface area (Å²) in [5, 5.41) is 2.82. The first kappa shape index (κ1) is 17.6. The van der Waals surface area contributed by atoms with E-state index in [4.69, 9.17) is 0 Å². The minimum atomic E-state index is -4.40. The van der Waals surface area contributed by atoms with Crippen molar-refractivity contribution in [3.05, 3.63) is 65.5 Å². The Balaban J connectivity index is 1.34. The van der Waals surface area contributed by atoms with E-state index in [-0.39, 0.29) is 17.4 Å². The van der Waals surface area contributed by atoms with Gasteiger partial charge in [-0.1, -0.05) is 30.3 Å². The maximum absolute atomic E-state index is 13.1. The van der Waals surface area contributed by atoms with Crippen molar-refractivity contribution >= 4 is 16.9 Å². The quantitative estimate of drug-likeness (QED) is 0.709. The van der Waals surface area contributed by atoms with Crippen LogP contribution in [-0.4, -0.2) is 22.4 Å². The molecule has 1 heterocycles. The lowest BCUT2D eigenvalue weighted by molar-refractivity contribution is -0.138. The van der Waals surface area contributed by atoms with Crippen LogP contribution in [0.2, 0.25) is 0 Å². The third-order valence-corrected chi connectivity index (χ3v) is 4.89. The van der Waals surface area contributed by atoms with Gasteiger partial charge < -0.3 is 10.3 Å². The molecule has 1 aliphatic rings. The summed E-state index contributed by atoms with van der Waals surface area (Å²) in [5.74, 6) is -0.197. The van der Waals surface area contributed by atoms with Gasteiger partial charge >= 0.3 is 6.18 Å². The molecular weight excluding hydrogens is 355 g/mol. The van der Waals surface area contributed by atoms with Crippen LogP contribution in [0.5, 0.6) is 0 Å². The van der Waals surface area contributed by atoms with Gasteiger partial charge in [0, 0.05) is 18.9 Å². The van der Waals surface area contributed by atoms with Crippen molar-refractivity contribution in [1.29, 1.82) is 0 Å². The number of H-pyrrole nitrogens is 1. The molecule has 2 aromatic carbocycles. The number of aromatic amines is 1. The smallest absolute Gasteiger partial charge is 0.355 e. The molecule has 0 spiro atoms. The first-order valence-electron chi connectivity index (χ1n) is 8.81. The largest absolute Gasteiger partial charge is 0.416 e. The second-order valence-electron chi connectivity index (χ2n) is 6.78. The van der Waals surface area contributed by atoms with Crippen LogP contribution in [0.4, 0.5) is 13.2 Å². The van der Waals surface area contributed by atoms with Gasteiger partial charge in [0.1, 0.15) is 5.82 Å². The van der Waals surface area contributed by atoms with E-state index in [1.165, 1.54) is 12.1 Å². The number of fused-ring (bicyclic) bond motifs is 1.